The Labute approximate surface area is 163 Å². The summed E-state index contributed by atoms with van der Waals surface area (Å²) in [4.78, 5) is 25.4. The molecule has 3 rings (SSSR count). The summed E-state index contributed by atoms with van der Waals surface area (Å²) in [6.45, 7) is 0.309. The molecule has 2 aromatic rings. The van der Waals surface area contributed by atoms with Crippen molar-refractivity contribution >= 4 is 38.9 Å². The van der Waals surface area contributed by atoms with E-state index in [4.69, 9.17) is 11.6 Å². The van der Waals surface area contributed by atoms with E-state index in [1.807, 2.05) is 0 Å². The molecule has 0 saturated heterocycles. The van der Waals surface area contributed by atoms with E-state index in [1.165, 1.54) is 17.0 Å². The SMILES string of the molecule is CN1C(=O)Cc2cc(S(=O)(=O)CCC(=O)NCc3ccc(Cl)cc3)ccc21. The molecule has 142 valence electrons. The van der Waals surface area contributed by atoms with E-state index in [0.717, 1.165) is 11.3 Å². The van der Waals surface area contributed by atoms with E-state index in [2.05, 4.69) is 5.32 Å². The van der Waals surface area contributed by atoms with E-state index >= 15 is 0 Å². The highest BCUT2D eigenvalue weighted by Crippen LogP contribution is 2.30. The average molecular weight is 407 g/mol. The number of likely N-dealkylation sites (N-methyl/N-ethyl adjacent to an activating group) is 1. The van der Waals surface area contributed by atoms with Gasteiger partial charge in [-0.15, -0.1) is 0 Å². The number of carbonyl (C=O) groups excluding carboxylic acids is 2. The number of fused-ring (bicyclic) bond motifs is 1. The summed E-state index contributed by atoms with van der Waals surface area (Å²) < 4.78 is 25.0. The van der Waals surface area contributed by atoms with Crippen LogP contribution in [0.15, 0.2) is 47.4 Å². The summed E-state index contributed by atoms with van der Waals surface area (Å²) in [5.41, 5.74) is 2.29. The van der Waals surface area contributed by atoms with Gasteiger partial charge in [0.15, 0.2) is 9.84 Å². The highest BCUT2D eigenvalue weighted by atomic mass is 35.5. The van der Waals surface area contributed by atoms with Crippen molar-refractivity contribution in [2.75, 3.05) is 17.7 Å². The lowest BCUT2D eigenvalue weighted by molar-refractivity contribution is -0.121. The smallest absolute Gasteiger partial charge is 0.231 e. The minimum absolute atomic E-state index is 0.0684. The number of rotatable bonds is 6. The van der Waals surface area contributed by atoms with Crippen molar-refractivity contribution in [1.29, 1.82) is 0 Å². The maximum Gasteiger partial charge on any atom is 0.231 e. The van der Waals surface area contributed by atoms with Crippen molar-refractivity contribution in [3.05, 3.63) is 58.6 Å². The van der Waals surface area contributed by atoms with Gasteiger partial charge in [-0.25, -0.2) is 8.42 Å². The van der Waals surface area contributed by atoms with Crippen LogP contribution in [0, 0.1) is 0 Å². The molecule has 0 fully saturated rings. The molecular weight excluding hydrogens is 388 g/mol. The Morgan fingerprint density at radius 1 is 1.19 bits per heavy atom. The van der Waals surface area contributed by atoms with Gasteiger partial charge in [-0.3, -0.25) is 9.59 Å². The summed E-state index contributed by atoms with van der Waals surface area (Å²) in [5.74, 6) is -0.701. The molecule has 0 spiro atoms. The molecule has 0 saturated carbocycles. The zero-order valence-electron chi connectivity index (χ0n) is 14.7. The Morgan fingerprint density at radius 3 is 2.59 bits per heavy atom. The Morgan fingerprint density at radius 2 is 1.89 bits per heavy atom. The Kier molecular flexibility index (Phi) is 5.53. The van der Waals surface area contributed by atoms with Crippen LogP contribution in [0.25, 0.3) is 0 Å². The van der Waals surface area contributed by atoms with Crippen LogP contribution in [0.2, 0.25) is 5.02 Å². The Balaban J connectivity index is 1.58. The van der Waals surface area contributed by atoms with Crippen LogP contribution in [0.3, 0.4) is 0 Å². The van der Waals surface area contributed by atoms with E-state index in [9.17, 15) is 18.0 Å². The van der Waals surface area contributed by atoms with Crippen LogP contribution in [0.1, 0.15) is 17.5 Å². The molecule has 1 N–H and O–H groups in total. The van der Waals surface area contributed by atoms with Crippen molar-refractivity contribution in [1.82, 2.24) is 5.32 Å². The molecule has 2 amide bonds. The van der Waals surface area contributed by atoms with Gasteiger partial charge in [0.25, 0.3) is 0 Å². The standard InChI is InChI=1S/C19H19ClN2O4S/c1-22-17-7-6-16(10-14(17)11-19(22)24)27(25,26)9-8-18(23)21-12-13-2-4-15(20)5-3-13/h2-7,10H,8-9,11-12H2,1H3,(H,21,23). The van der Waals surface area contributed by atoms with Crippen LogP contribution in [0.5, 0.6) is 0 Å². The highest BCUT2D eigenvalue weighted by molar-refractivity contribution is 7.91. The molecule has 0 aromatic heterocycles. The normalized spacial score (nSPS) is 13.6. The molecule has 0 radical (unpaired) electrons. The average Bonchev–Trinajstić information content (AvgIpc) is 2.93. The third-order valence-electron chi connectivity index (χ3n) is 4.49. The lowest BCUT2D eigenvalue weighted by Crippen LogP contribution is -2.25. The second kappa shape index (κ2) is 7.70. The first-order valence-electron chi connectivity index (χ1n) is 8.39. The number of sulfone groups is 1. The van der Waals surface area contributed by atoms with Crippen LogP contribution < -0.4 is 10.2 Å². The molecule has 0 unspecified atom stereocenters. The van der Waals surface area contributed by atoms with Crippen molar-refractivity contribution in [2.24, 2.45) is 0 Å². The fourth-order valence-corrected chi connectivity index (χ4v) is 4.29. The maximum atomic E-state index is 12.5. The van der Waals surface area contributed by atoms with Gasteiger partial charge in [-0.1, -0.05) is 23.7 Å². The van der Waals surface area contributed by atoms with Crippen molar-refractivity contribution in [3.8, 4) is 0 Å². The summed E-state index contributed by atoms with van der Waals surface area (Å²) >= 11 is 5.81. The molecule has 0 bridgehead atoms. The molecule has 0 aliphatic carbocycles. The maximum absolute atomic E-state index is 12.5. The summed E-state index contributed by atoms with van der Waals surface area (Å²) in [5, 5.41) is 3.31. The molecule has 8 heteroatoms. The number of nitrogens with one attached hydrogen (secondary N) is 1. The molecule has 2 aromatic carbocycles. The lowest BCUT2D eigenvalue weighted by Gasteiger charge is -2.11. The molecule has 0 atom stereocenters. The van der Waals surface area contributed by atoms with Gasteiger partial charge in [-0.2, -0.15) is 0 Å². The molecule has 1 heterocycles. The molecule has 1 aliphatic heterocycles. The Bertz CT molecular complexity index is 987. The first-order chi connectivity index (χ1) is 12.8. The van der Waals surface area contributed by atoms with Gasteiger partial charge in [0.1, 0.15) is 0 Å². The number of amides is 2. The lowest BCUT2D eigenvalue weighted by atomic mass is 10.2. The zero-order valence-corrected chi connectivity index (χ0v) is 16.3. The highest BCUT2D eigenvalue weighted by Gasteiger charge is 2.26. The third-order valence-corrected chi connectivity index (χ3v) is 6.45. The fraction of sp³-hybridized carbons (Fsp3) is 0.263. The largest absolute Gasteiger partial charge is 0.352 e. The molecular formula is C19H19ClN2O4S. The minimum Gasteiger partial charge on any atom is -0.352 e. The van der Waals surface area contributed by atoms with Crippen LogP contribution in [-0.4, -0.2) is 33.0 Å². The number of hydrogen-bond acceptors (Lipinski definition) is 4. The summed E-state index contributed by atoms with van der Waals surface area (Å²) in [7, 11) is -1.95. The van der Waals surface area contributed by atoms with E-state index in [1.54, 1.807) is 37.4 Å². The van der Waals surface area contributed by atoms with E-state index < -0.39 is 9.84 Å². The van der Waals surface area contributed by atoms with Crippen LogP contribution in [0.4, 0.5) is 5.69 Å². The Hall–Kier alpha value is -2.38. The number of carbonyl (C=O) groups is 2. The molecule has 1 aliphatic rings. The summed E-state index contributed by atoms with van der Waals surface area (Å²) in [6, 6.07) is 11.7. The van der Waals surface area contributed by atoms with Gasteiger partial charge in [0, 0.05) is 30.7 Å². The van der Waals surface area contributed by atoms with E-state index in [-0.39, 0.29) is 35.3 Å². The predicted molar refractivity (Wildman–Crippen MR) is 104 cm³/mol. The van der Waals surface area contributed by atoms with Gasteiger partial charge in [0.05, 0.1) is 17.1 Å². The van der Waals surface area contributed by atoms with Crippen LogP contribution >= 0.6 is 11.6 Å². The number of halogens is 1. The van der Waals surface area contributed by atoms with Gasteiger partial charge in [0.2, 0.25) is 11.8 Å². The van der Waals surface area contributed by atoms with Crippen LogP contribution in [-0.2, 0) is 32.4 Å². The van der Waals surface area contributed by atoms with Gasteiger partial charge < -0.3 is 10.2 Å². The second-order valence-electron chi connectivity index (χ2n) is 6.39. The number of nitrogens with zero attached hydrogens (tertiary/aromatic N) is 1. The molecule has 27 heavy (non-hydrogen) atoms. The number of anilines is 1. The second-order valence-corrected chi connectivity index (χ2v) is 8.94. The monoisotopic (exact) mass is 406 g/mol. The number of hydrogen-bond donors (Lipinski definition) is 1. The van der Waals surface area contributed by atoms with Gasteiger partial charge >= 0.3 is 0 Å². The number of benzene rings is 2. The zero-order chi connectivity index (χ0) is 19.6. The third kappa shape index (κ3) is 4.48. The quantitative estimate of drug-likeness (QED) is 0.798. The summed E-state index contributed by atoms with van der Waals surface area (Å²) in [6.07, 6.45) is 0.0581. The van der Waals surface area contributed by atoms with Gasteiger partial charge in [-0.05, 0) is 41.5 Å². The van der Waals surface area contributed by atoms with Crippen molar-refractivity contribution in [3.63, 3.8) is 0 Å². The van der Waals surface area contributed by atoms with Crippen molar-refractivity contribution < 1.29 is 18.0 Å². The first-order valence-corrected chi connectivity index (χ1v) is 10.4. The predicted octanol–water partition coefficient (Wildman–Crippen LogP) is 2.34. The fourth-order valence-electron chi connectivity index (χ4n) is 2.88. The van der Waals surface area contributed by atoms with Crippen molar-refractivity contribution in [2.45, 2.75) is 24.3 Å². The first kappa shape index (κ1) is 19.4. The topological polar surface area (TPSA) is 83.6 Å². The minimum atomic E-state index is -3.61. The van der Waals surface area contributed by atoms with E-state index in [0.29, 0.717) is 17.1 Å². The molecule has 6 nitrogen and oxygen atoms in total.